The second-order valence-corrected chi connectivity index (χ2v) is 7.39. The van der Waals surface area contributed by atoms with Gasteiger partial charge in [-0.3, -0.25) is 9.59 Å². The highest BCUT2D eigenvalue weighted by Crippen LogP contribution is 2.31. The van der Waals surface area contributed by atoms with Crippen LogP contribution < -0.4 is 5.32 Å². The molecule has 1 fully saturated rings. The Kier molecular flexibility index (Phi) is 5.13. The number of Topliss-reactive ketones (excluding diaryl/α,β-unsaturated/α-hetero) is 1. The van der Waals surface area contributed by atoms with Crippen molar-refractivity contribution in [2.75, 3.05) is 5.32 Å². The minimum Gasteiger partial charge on any atom is -0.311 e. The number of nitrogens with one attached hydrogen (secondary N) is 1. The van der Waals surface area contributed by atoms with E-state index in [0.717, 1.165) is 12.8 Å². The van der Waals surface area contributed by atoms with Gasteiger partial charge >= 0.3 is 0 Å². The third kappa shape index (κ3) is 4.00. The molecule has 2 aromatic rings. The molecule has 2 heterocycles. The molecule has 0 radical (unpaired) electrons. The van der Waals surface area contributed by atoms with Gasteiger partial charge in [-0.1, -0.05) is 24.4 Å². The molecule has 0 unspecified atom stereocenters. The van der Waals surface area contributed by atoms with Gasteiger partial charge in [0.25, 0.3) is 0 Å². The Balaban J connectivity index is 1.53. The molecular weight excluding hydrogens is 334 g/mol. The number of anilines is 1. The molecule has 0 spiro atoms. The number of ketones is 1. The maximum absolute atomic E-state index is 12.1. The van der Waals surface area contributed by atoms with E-state index in [1.165, 1.54) is 24.2 Å². The lowest BCUT2D eigenvalue weighted by atomic mass is 10.2. The standard InChI is InChI=1S/C16H18ClN3O2S/c17-14-7-6-13(23-14)12(21)5-8-16(22)19-15-9-10-18-20(15)11-3-1-2-4-11/h6-7,9-11H,1-5,8H2,(H,19,22). The van der Waals surface area contributed by atoms with Crippen LogP contribution in [0.1, 0.15) is 54.2 Å². The van der Waals surface area contributed by atoms with Crippen LogP contribution in [0.4, 0.5) is 5.82 Å². The van der Waals surface area contributed by atoms with E-state index in [0.29, 0.717) is 21.1 Å². The Morgan fingerprint density at radius 2 is 2.04 bits per heavy atom. The first-order chi connectivity index (χ1) is 11.1. The van der Waals surface area contributed by atoms with E-state index in [4.69, 9.17) is 11.6 Å². The third-order valence-electron chi connectivity index (χ3n) is 4.04. The minimum absolute atomic E-state index is 0.0543. The van der Waals surface area contributed by atoms with Crippen molar-refractivity contribution in [3.8, 4) is 0 Å². The molecule has 0 atom stereocenters. The maximum Gasteiger partial charge on any atom is 0.225 e. The molecule has 0 saturated heterocycles. The van der Waals surface area contributed by atoms with Gasteiger partial charge in [0.05, 0.1) is 21.5 Å². The van der Waals surface area contributed by atoms with Crippen molar-refractivity contribution in [3.05, 3.63) is 33.6 Å². The van der Waals surface area contributed by atoms with Gasteiger partial charge in [0, 0.05) is 18.9 Å². The molecule has 2 aromatic heterocycles. The van der Waals surface area contributed by atoms with Gasteiger partial charge in [-0.15, -0.1) is 11.3 Å². The van der Waals surface area contributed by atoms with Crippen LogP contribution in [0.25, 0.3) is 0 Å². The highest BCUT2D eigenvalue weighted by molar-refractivity contribution is 7.18. The quantitative estimate of drug-likeness (QED) is 0.788. The Bertz CT molecular complexity index is 704. The lowest BCUT2D eigenvalue weighted by molar-refractivity contribution is -0.116. The molecule has 1 aliphatic carbocycles. The monoisotopic (exact) mass is 351 g/mol. The fraction of sp³-hybridized carbons (Fsp3) is 0.438. The van der Waals surface area contributed by atoms with E-state index >= 15 is 0 Å². The fourth-order valence-electron chi connectivity index (χ4n) is 2.87. The van der Waals surface area contributed by atoms with E-state index < -0.39 is 0 Å². The van der Waals surface area contributed by atoms with Gasteiger partial charge in [0.1, 0.15) is 5.82 Å². The van der Waals surface area contributed by atoms with Gasteiger partial charge in [-0.2, -0.15) is 5.10 Å². The van der Waals surface area contributed by atoms with Crippen LogP contribution in [-0.4, -0.2) is 21.5 Å². The summed E-state index contributed by atoms with van der Waals surface area (Å²) in [6.45, 7) is 0. The summed E-state index contributed by atoms with van der Waals surface area (Å²) in [5.41, 5.74) is 0. The summed E-state index contributed by atoms with van der Waals surface area (Å²) in [7, 11) is 0. The number of amides is 1. The van der Waals surface area contributed by atoms with E-state index in [1.54, 1.807) is 24.4 Å². The van der Waals surface area contributed by atoms with Crippen molar-refractivity contribution in [2.45, 2.75) is 44.6 Å². The van der Waals surface area contributed by atoms with E-state index in [9.17, 15) is 9.59 Å². The number of carbonyl (C=O) groups excluding carboxylic acids is 2. The number of halogens is 1. The van der Waals surface area contributed by atoms with Crippen molar-refractivity contribution in [3.63, 3.8) is 0 Å². The highest BCUT2D eigenvalue weighted by Gasteiger charge is 2.20. The van der Waals surface area contributed by atoms with Crippen LogP contribution in [0.2, 0.25) is 4.34 Å². The average Bonchev–Trinajstić information content (AvgIpc) is 3.25. The van der Waals surface area contributed by atoms with Gasteiger partial charge in [0.15, 0.2) is 5.78 Å². The fourth-order valence-corrected chi connectivity index (χ4v) is 3.88. The zero-order chi connectivity index (χ0) is 16.2. The van der Waals surface area contributed by atoms with E-state index in [2.05, 4.69) is 10.4 Å². The Morgan fingerprint density at radius 1 is 1.26 bits per heavy atom. The maximum atomic E-state index is 12.1. The summed E-state index contributed by atoms with van der Waals surface area (Å²) in [5, 5.41) is 7.18. The van der Waals surface area contributed by atoms with E-state index in [1.807, 2.05) is 4.68 Å². The first kappa shape index (κ1) is 16.2. The average molecular weight is 352 g/mol. The topological polar surface area (TPSA) is 64.0 Å². The highest BCUT2D eigenvalue weighted by atomic mass is 35.5. The minimum atomic E-state index is -0.166. The molecule has 122 valence electrons. The molecule has 1 aliphatic rings. The third-order valence-corrected chi connectivity index (χ3v) is 5.31. The molecule has 23 heavy (non-hydrogen) atoms. The van der Waals surface area contributed by atoms with Crippen molar-refractivity contribution in [1.82, 2.24) is 9.78 Å². The first-order valence-corrected chi connectivity index (χ1v) is 8.95. The summed E-state index contributed by atoms with van der Waals surface area (Å²) in [4.78, 5) is 24.7. The van der Waals surface area contributed by atoms with Gasteiger partial charge in [-0.25, -0.2) is 4.68 Å². The Labute approximate surface area is 143 Å². The van der Waals surface area contributed by atoms with Crippen LogP contribution in [-0.2, 0) is 4.79 Å². The number of aromatic nitrogens is 2. The van der Waals surface area contributed by atoms with Crippen LogP contribution in [0.15, 0.2) is 24.4 Å². The van der Waals surface area contributed by atoms with Crippen LogP contribution in [0.3, 0.4) is 0 Å². The SMILES string of the molecule is O=C(CCC(=O)c1ccc(Cl)s1)Nc1ccnn1C1CCCC1. The normalized spacial score (nSPS) is 15.0. The van der Waals surface area contributed by atoms with Crippen molar-refractivity contribution >= 4 is 40.4 Å². The lowest BCUT2D eigenvalue weighted by Gasteiger charge is -2.14. The lowest BCUT2D eigenvalue weighted by Crippen LogP contribution is -2.18. The second-order valence-electron chi connectivity index (χ2n) is 5.67. The second kappa shape index (κ2) is 7.27. The Hall–Kier alpha value is -1.66. The summed E-state index contributed by atoms with van der Waals surface area (Å²) in [5.74, 6) is 0.496. The predicted molar refractivity (Wildman–Crippen MR) is 91.3 cm³/mol. The largest absolute Gasteiger partial charge is 0.311 e. The Morgan fingerprint density at radius 3 is 2.74 bits per heavy atom. The molecule has 0 bridgehead atoms. The van der Waals surface area contributed by atoms with E-state index in [-0.39, 0.29) is 24.5 Å². The molecule has 1 saturated carbocycles. The number of rotatable bonds is 6. The molecular formula is C16H18ClN3O2S. The molecule has 5 nitrogen and oxygen atoms in total. The summed E-state index contributed by atoms with van der Waals surface area (Å²) < 4.78 is 2.48. The van der Waals surface area contributed by atoms with Crippen LogP contribution >= 0.6 is 22.9 Å². The number of nitrogens with zero attached hydrogens (tertiary/aromatic N) is 2. The molecule has 7 heteroatoms. The summed E-state index contributed by atoms with van der Waals surface area (Å²) in [6.07, 6.45) is 6.65. The number of carbonyl (C=O) groups is 2. The summed E-state index contributed by atoms with van der Waals surface area (Å²) >= 11 is 7.06. The number of hydrogen-bond acceptors (Lipinski definition) is 4. The van der Waals surface area contributed by atoms with Gasteiger partial charge in [0.2, 0.25) is 5.91 Å². The molecule has 1 N–H and O–H groups in total. The zero-order valence-corrected chi connectivity index (χ0v) is 14.2. The smallest absolute Gasteiger partial charge is 0.225 e. The van der Waals surface area contributed by atoms with Crippen molar-refractivity contribution < 1.29 is 9.59 Å². The molecule has 3 rings (SSSR count). The summed E-state index contributed by atoms with van der Waals surface area (Å²) in [6, 6.07) is 5.56. The molecule has 0 aromatic carbocycles. The zero-order valence-electron chi connectivity index (χ0n) is 12.6. The van der Waals surface area contributed by atoms with Crippen LogP contribution in [0, 0.1) is 0 Å². The predicted octanol–water partition coefficient (Wildman–Crippen LogP) is 4.31. The molecule has 0 aliphatic heterocycles. The molecule has 1 amide bonds. The van der Waals surface area contributed by atoms with Crippen molar-refractivity contribution in [2.24, 2.45) is 0 Å². The number of hydrogen-bond donors (Lipinski definition) is 1. The van der Waals surface area contributed by atoms with Gasteiger partial charge in [-0.05, 0) is 25.0 Å². The number of thiophene rings is 1. The first-order valence-electron chi connectivity index (χ1n) is 7.75. The van der Waals surface area contributed by atoms with Gasteiger partial charge < -0.3 is 5.32 Å². The van der Waals surface area contributed by atoms with Crippen molar-refractivity contribution in [1.29, 1.82) is 0 Å². The van der Waals surface area contributed by atoms with Crippen LogP contribution in [0.5, 0.6) is 0 Å².